The Kier molecular flexibility index (Phi) is 6.16. The van der Waals surface area contributed by atoms with Gasteiger partial charge in [0.2, 0.25) is 0 Å². The zero-order chi connectivity index (χ0) is 19.9. The van der Waals surface area contributed by atoms with Crippen molar-refractivity contribution in [2.75, 3.05) is 13.1 Å². The molecule has 3 rings (SSSR count). The summed E-state index contributed by atoms with van der Waals surface area (Å²) < 4.78 is 0. The fourth-order valence-corrected chi connectivity index (χ4v) is 3.06. The lowest BCUT2D eigenvalue weighted by Gasteiger charge is -2.27. The molecule has 0 bridgehead atoms. The van der Waals surface area contributed by atoms with Gasteiger partial charge in [0.05, 0.1) is 4.92 Å². The minimum atomic E-state index is -0.482. The van der Waals surface area contributed by atoms with Crippen LogP contribution < -0.4 is 5.32 Å². The maximum Gasteiger partial charge on any atom is 0.270 e. The Hall–Kier alpha value is -3.48. The monoisotopic (exact) mass is 379 g/mol. The maximum absolute atomic E-state index is 13.0. The van der Waals surface area contributed by atoms with Crippen molar-refractivity contribution in [3.63, 3.8) is 0 Å². The molecule has 0 atom stereocenters. The normalized spacial score (nSPS) is 14.4. The molecule has 1 saturated heterocycles. The maximum atomic E-state index is 13.0. The number of hydrogen-bond acceptors (Lipinski definition) is 4. The molecular weight excluding hydrogens is 358 g/mol. The second kappa shape index (κ2) is 8.94. The third-order valence-corrected chi connectivity index (χ3v) is 4.57. The van der Waals surface area contributed by atoms with E-state index in [9.17, 15) is 19.7 Å². The van der Waals surface area contributed by atoms with Gasteiger partial charge in [-0.15, -0.1) is 0 Å². The van der Waals surface area contributed by atoms with Crippen LogP contribution in [-0.4, -0.2) is 34.7 Å². The van der Waals surface area contributed by atoms with Crippen molar-refractivity contribution in [3.8, 4) is 0 Å². The molecule has 0 spiro atoms. The van der Waals surface area contributed by atoms with Gasteiger partial charge >= 0.3 is 0 Å². The Morgan fingerprint density at radius 3 is 2.21 bits per heavy atom. The number of nitro benzene ring substituents is 1. The van der Waals surface area contributed by atoms with E-state index in [1.54, 1.807) is 47.4 Å². The molecular formula is C21H21N3O4. The van der Waals surface area contributed by atoms with Crippen LogP contribution in [-0.2, 0) is 4.79 Å². The first-order chi connectivity index (χ1) is 13.5. The number of carbonyl (C=O) groups excluding carboxylic acids is 2. The predicted molar refractivity (Wildman–Crippen MR) is 105 cm³/mol. The topological polar surface area (TPSA) is 92.5 Å². The number of non-ortho nitro benzene ring substituents is 1. The number of nitrogens with zero attached hydrogens (tertiary/aromatic N) is 2. The van der Waals surface area contributed by atoms with Gasteiger partial charge in [0.15, 0.2) is 0 Å². The highest BCUT2D eigenvalue weighted by Gasteiger charge is 2.22. The van der Waals surface area contributed by atoms with E-state index in [-0.39, 0.29) is 23.2 Å². The largest absolute Gasteiger partial charge is 0.337 e. The third-order valence-electron chi connectivity index (χ3n) is 4.57. The summed E-state index contributed by atoms with van der Waals surface area (Å²) in [5.41, 5.74) is 1.17. The lowest BCUT2D eigenvalue weighted by Crippen LogP contribution is -2.41. The number of rotatable bonds is 5. The minimum absolute atomic E-state index is 0.0330. The van der Waals surface area contributed by atoms with E-state index in [0.717, 1.165) is 19.3 Å². The van der Waals surface area contributed by atoms with Crippen LogP contribution in [0.2, 0.25) is 0 Å². The standard InChI is InChI=1S/C21H21N3O4/c25-20(17-7-3-1-4-8-17)22-19(21(26)23-13-5-2-6-14-23)15-16-9-11-18(12-10-16)24(27)28/h1,3-4,7-12,15H,2,5-6,13-14H2,(H,22,25)/b19-15+. The van der Waals surface area contributed by atoms with Crippen LogP contribution in [0.5, 0.6) is 0 Å². The third kappa shape index (κ3) is 4.82. The summed E-state index contributed by atoms with van der Waals surface area (Å²) in [5, 5.41) is 13.5. The van der Waals surface area contributed by atoms with Crippen molar-refractivity contribution in [2.24, 2.45) is 0 Å². The Morgan fingerprint density at radius 2 is 1.61 bits per heavy atom. The lowest BCUT2D eigenvalue weighted by molar-refractivity contribution is -0.384. The summed E-state index contributed by atoms with van der Waals surface area (Å²) in [5.74, 6) is -0.624. The van der Waals surface area contributed by atoms with E-state index in [1.807, 2.05) is 6.07 Å². The summed E-state index contributed by atoms with van der Waals surface area (Å²) >= 11 is 0. The van der Waals surface area contributed by atoms with Crippen LogP contribution in [0.3, 0.4) is 0 Å². The van der Waals surface area contributed by atoms with Crippen molar-refractivity contribution in [2.45, 2.75) is 19.3 Å². The van der Waals surface area contributed by atoms with Gasteiger partial charge in [-0.2, -0.15) is 0 Å². The molecule has 7 heteroatoms. The Bertz CT molecular complexity index is 886. The van der Waals surface area contributed by atoms with Crippen molar-refractivity contribution in [1.82, 2.24) is 10.2 Å². The van der Waals surface area contributed by atoms with E-state index in [0.29, 0.717) is 24.2 Å². The molecule has 2 aromatic carbocycles. The van der Waals surface area contributed by atoms with E-state index in [2.05, 4.69) is 5.32 Å². The van der Waals surface area contributed by atoms with Gasteiger partial charge in [0.25, 0.3) is 17.5 Å². The number of likely N-dealkylation sites (tertiary alicyclic amines) is 1. The zero-order valence-electron chi connectivity index (χ0n) is 15.3. The second-order valence-electron chi connectivity index (χ2n) is 6.58. The molecule has 0 unspecified atom stereocenters. The second-order valence-corrected chi connectivity index (χ2v) is 6.58. The molecule has 0 aromatic heterocycles. The first kappa shape index (κ1) is 19.3. The molecule has 1 aliphatic rings. The highest BCUT2D eigenvalue weighted by molar-refractivity contribution is 6.05. The molecule has 0 aliphatic carbocycles. The van der Waals surface area contributed by atoms with Crippen LogP contribution in [0, 0.1) is 10.1 Å². The van der Waals surface area contributed by atoms with Gasteiger partial charge in [0, 0.05) is 30.8 Å². The number of nitro groups is 1. The molecule has 1 heterocycles. The van der Waals surface area contributed by atoms with Crippen LogP contribution in [0.4, 0.5) is 5.69 Å². The van der Waals surface area contributed by atoms with Gasteiger partial charge in [-0.3, -0.25) is 19.7 Å². The molecule has 1 aliphatic heterocycles. The first-order valence-corrected chi connectivity index (χ1v) is 9.16. The van der Waals surface area contributed by atoms with Crippen molar-refractivity contribution in [3.05, 3.63) is 81.5 Å². The number of hydrogen-bond donors (Lipinski definition) is 1. The Morgan fingerprint density at radius 1 is 0.964 bits per heavy atom. The minimum Gasteiger partial charge on any atom is -0.337 e. The number of piperidine rings is 1. The van der Waals surface area contributed by atoms with Crippen molar-refractivity contribution >= 4 is 23.6 Å². The highest BCUT2D eigenvalue weighted by Crippen LogP contribution is 2.17. The molecule has 7 nitrogen and oxygen atoms in total. The van der Waals surface area contributed by atoms with E-state index in [4.69, 9.17) is 0 Å². The fraction of sp³-hybridized carbons (Fsp3) is 0.238. The number of nitrogens with one attached hydrogen (secondary N) is 1. The van der Waals surface area contributed by atoms with Gasteiger partial charge < -0.3 is 10.2 Å². The quantitative estimate of drug-likeness (QED) is 0.490. The molecule has 28 heavy (non-hydrogen) atoms. The van der Waals surface area contributed by atoms with Crippen LogP contribution in [0.1, 0.15) is 35.2 Å². The average Bonchev–Trinajstić information content (AvgIpc) is 2.74. The molecule has 2 amide bonds. The summed E-state index contributed by atoms with van der Waals surface area (Å²) in [4.78, 5) is 37.6. The van der Waals surface area contributed by atoms with Gasteiger partial charge in [-0.1, -0.05) is 18.2 Å². The smallest absolute Gasteiger partial charge is 0.270 e. The Labute approximate surface area is 162 Å². The van der Waals surface area contributed by atoms with E-state index < -0.39 is 4.92 Å². The summed E-state index contributed by atoms with van der Waals surface area (Å²) in [6.07, 6.45) is 4.51. The SMILES string of the molecule is O=C(N/C(=C/c1ccc([N+](=O)[O-])cc1)C(=O)N1CCCCC1)c1ccccc1. The summed E-state index contributed by atoms with van der Waals surface area (Å²) in [7, 11) is 0. The van der Waals surface area contributed by atoms with Crippen molar-refractivity contribution < 1.29 is 14.5 Å². The number of amides is 2. The summed E-state index contributed by atoms with van der Waals surface area (Å²) in [6, 6.07) is 14.5. The molecule has 1 N–H and O–H groups in total. The van der Waals surface area contributed by atoms with Crippen molar-refractivity contribution in [1.29, 1.82) is 0 Å². The Balaban J connectivity index is 1.87. The van der Waals surface area contributed by atoms with E-state index in [1.165, 1.54) is 12.1 Å². The fourth-order valence-electron chi connectivity index (χ4n) is 3.06. The van der Waals surface area contributed by atoms with E-state index >= 15 is 0 Å². The predicted octanol–water partition coefficient (Wildman–Crippen LogP) is 3.38. The van der Waals surface area contributed by atoms with Gasteiger partial charge in [-0.05, 0) is 55.2 Å². The average molecular weight is 379 g/mol. The molecule has 1 fully saturated rings. The number of benzene rings is 2. The lowest BCUT2D eigenvalue weighted by atomic mass is 10.1. The van der Waals surface area contributed by atoms with Crippen LogP contribution >= 0.6 is 0 Å². The highest BCUT2D eigenvalue weighted by atomic mass is 16.6. The van der Waals surface area contributed by atoms with Gasteiger partial charge in [-0.25, -0.2) is 0 Å². The van der Waals surface area contributed by atoms with Crippen LogP contribution in [0.25, 0.3) is 6.08 Å². The van der Waals surface area contributed by atoms with Crippen LogP contribution in [0.15, 0.2) is 60.3 Å². The summed E-state index contributed by atoms with van der Waals surface area (Å²) in [6.45, 7) is 1.30. The molecule has 0 radical (unpaired) electrons. The number of carbonyl (C=O) groups is 2. The first-order valence-electron chi connectivity index (χ1n) is 9.16. The molecule has 0 saturated carbocycles. The molecule has 144 valence electrons. The zero-order valence-corrected chi connectivity index (χ0v) is 15.3. The van der Waals surface area contributed by atoms with Gasteiger partial charge in [0.1, 0.15) is 5.70 Å². The molecule has 2 aromatic rings.